The van der Waals surface area contributed by atoms with Gasteiger partial charge in [-0.1, -0.05) is 13.3 Å². The van der Waals surface area contributed by atoms with Gasteiger partial charge in [-0.25, -0.2) is 0 Å². The number of rotatable bonds is 3. The van der Waals surface area contributed by atoms with Gasteiger partial charge in [-0.3, -0.25) is 0 Å². The number of carboxylic acids is 2. The number of carbonyl (C=O) groups excluding carboxylic acids is 2. The van der Waals surface area contributed by atoms with Crippen molar-refractivity contribution in [2.24, 2.45) is 0 Å². The molecule has 148 valence electrons. The minimum absolute atomic E-state index is 0.384. The Morgan fingerprint density at radius 3 is 0.917 bits per heavy atom. The highest BCUT2D eigenvalue weighted by molar-refractivity contribution is 5.87. The highest BCUT2D eigenvalue weighted by Gasteiger charge is 1.71. The number of hydrogen-bond acceptors (Lipinski definition) is 4. The van der Waals surface area contributed by atoms with Crippen LogP contribution in [0.2, 0.25) is 0 Å². The van der Waals surface area contributed by atoms with Crippen molar-refractivity contribution in [2.45, 2.75) is 13.3 Å². The summed E-state index contributed by atoms with van der Waals surface area (Å²) in [6.07, 6.45) is 1.75. The molecular weight excluding hydrogens is 312 g/mol. The lowest BCUT2D eigenvalue weighted by Crippen LogP contribution is -3.02. The van der Waals surface area contributed by atoms with Gasteiger partial charge in [0.25, 0.3) is 0 Å². The number of aliphatic carboxylic acids is 2. The van der Waals surface area contributed by atoms with E-state index in [2.05, 4.69) is 63.4 Å². The largest absolute Gasteiger partial charge is 0.677 e. The van der Waals surface area contributed by atoms with Crippen LogP contribution in [0.3, 0.4) is 0 Å². The fourth-order valence-electron chi connectivity index (χ4n) is 0.136. The zero-order valence-corrected chi connectivity index (χ0v) is 17.2. The molecule has 0 aliphatic carbocycles. The van der Waals surface area contributed by atoms with Crippen LogP contribution in [0.25, 0.3) is 5.73 Å². The van der Waals surface area contributed by atoms with Gasteiger partial charge in [-0.05, 0) is 12.2 Å². The predicted molar refractivity (Wildman–Crippen MR) is 94.8 cm³/mol. The van der Waals surface area contributed by atoms with Crippen molar-refractivity contribution >= 4 is 11.9 Å². The van der Waals surface area contributed by atoms with Crippen molar-refractivity contribution in [1.29, 1.82) is 0 Å². The summed E-state index contributed by atoms with van der Waals surface area (Å²) in [5, 5.41) is 18.8. The van der Waals surface area contributed by atoms with E-state index in [1.54, 1.807) is 0 Å². The minimum Gasteiger partial charge on any atom is -0.677 e. The van der Waals surface area contributed by atoms with Crippen LogP contribution in [0.15, 0.2) is 12.2 Å². The number of nitrogens with one attached hydrogen (secondary N) is 4. The quantitative estimate of drug-likeness (QED) is 0.440. The fourth-order valence-corrected chi connectivity index (χ4v) is 0.136. The molecule has 0 amide bonds. The summed E-state index contributed by atoms with van der Waals surface area (Å²) in [6.45, 7) is 2.56. The van der Waals surface area contributed by atoms with E-state index >= 15 is 0 Å². The second-order valence-corrected chi connectivity index (χ2v) is 6.22. The van der Waals surface area contributed by atoms with Crippen LogP contribution in [-0.4, -0.2) is 81.9 Å². The molecule has 0 atom stereocenters. The summed E-state index contributed by atoms with van der Waals surface area (Å²) in [6, 6.07) is 0. The molecule has 0 aromatic carbocycles. The number of carboxylic acid groups (broad SMARTS) is 2. The second-order valence-electron chi connectivity index (χ2n) is 6.22. The molecule has 0 radical (unpaired) electrons. The third kappa shape index (κ3) is 383. The average Bonchev–Trinajstić information content (AvgIpc) is 2.34. The molecule has 0 saturated carbocycles. The summed E-state index contributed by atoms with van der Waals surface area (Å²) in [5.41, 5.74) is 6.45. The molecule has 0 aromatic heterocycles. The summed E-state index contributed by atoms with van der Waals surface area (Å²) in [7, 11) is 18.8. The summed E-state index contributed by atoms with van der Waals surface area (Å²) < 4.78 is 0. The SMILES string of the molecule is CCC[NH-].C[NH+](C)C.C[NH+](C)C.C[NH+](C)C.O=C([O-])/C=C\C(=O)[O-]. The van der Waals surface area contributed by atoms with Crippen LogP contribution < -0.4 is 24.9 Å². The van der Waals surface area contributed by atoms with E-state index in [9.17, 15) is 19.8 Å². The molecule has 0 spiro atoms. The van der Waals surface area contributed by atoms with E-state index in [1.807, 2.05) is 6.92 Å². The number of quaternary nitrogens is 3. The van der Waals surface area contributed by atoms with Gasteiger partial charge in [0.1, 0.15) is 0 Å². The molecule has 0 heterocycles. The molecule has 8 heteroatoms. The second kappa shape index (κ2) is 29.5. The monoisotopic (exact) mass is 352 g/mol. The molecule has 0 aromatic rings. The lowest BCUT2D eigenvalue weighted by molar-refractivity contribution is -0.836. The van der Waals surface area contributed by atoms with Crippen molar-refractivity contribution in [3.63, 3.8) is 0 Å². The minimum atomic E-state index is -1.55. The van der Waals surface area contributed by atoms with Gasteiger partial charge < -0.3 is 40.2 Å². The lowest BCUT2D eigenvalue weighted by Gasteiger charge is -1.90. The average molecular weight is 353 g/mol. The smallest absolute Gasteiger partial charge is 0.0661 e. The first-order valence-electron chi connectivity index (χ1n) is 7.79. The summed E-state index contributed by atoms with van der Waals surface area (Å²) >= 11 is 0. The van der Waals surface area contributed by atoms with Gasteiger partial charge >= 0.3 is 0 Å². The molecule has 4 N–H and O–H groups in total. The Balaban J connectivity index is -0.0000000657. The highest BCUT2D eigenvalue weighted by Crippen LogP contribution is 1.67. The van der Waals surface area contributed by atoms with Crippen molar-refractivity contribution in [2.75, 3.05) is 70.0 Å². The zero-order valence-electron chi connectivity index (χ0n) is 17.2. The van der Waals surface area contributed by atoms with E-state index in [0.717, 1.165) is 6.42 Å². The van der Waals surface area contributed by atoms with Crippen molar-refractivity contribution in [3.05, 3.63) is 17.9 Å². The normalized spacial score (nSPS) is 8.92. The first-order valence-corrected chi connectivity index (χ1v) is 7.79. The predicted octanol–water partition coefficient (Wildman–Crippen LogP) is -5.23. The first kappa shape index (κ1) is 34.0. The standard InChI is InChI=1S/C4H4O4.3C3H9N.C3H8N/c5-3(6)1-2-4(7)8;3*1-4(2)3;1-2-3-4/h1-2H,(H,5,6)(H,7,8);3*1-3H3;4H,2-3H2,1H3/q;;;;-1/p+1/b2-1-;;;;. The van der Waals surface area contributed by atoms with E-state index < -0.39 is 11.9 Å². The fraction of sp³-hybridized carbons (Fsp3) is 0.750. The van der Waals surface area contributed by atoms with Crippen LogP contribution in [0.4, 0.5) is 0 Å². The number of hydrogen-bond donors (Lipinski definition) is 3. The van der Waals surface area contributed by atoms with Gasteiger partial charge in [-0.2, -0.15) is 6.54 Å². The van der Waals surface area contributed by atoms with E-state index in [0.29, 0.717) is 18.7 Å². The third-order valence-corrected chi connectivity index (χ3v) is 0.605. The molecule has 24 heavy (non-hydrogen) atoms. The molecule has 0 unspecified atom stereocenters. The number of carbonyl (C=O) groups is 2. The molecule has 0 rings (SSSR count). The Kier molecular flexibility index (Phi) is 41.8. The molecule has 0 saturated heterocycles. The van der Waals surface area contributed by atoms with E-state index in [1.165, 1.54) is 14.7 Å². The van der Waals surface area contributed by atoms with E-state index in [-0.39, 0.29) is 0 Å². The van der Waals surface area contributed by atoms with Gasteiger partial charge in [0.05, 0.1) is 75.4 Å². The first-order chi connectivity index (χ1) is 10.7. The van der Waals surface area contributed by atoms with E-state index in [4.69, 9.17) is 5.73 Å². The summed E-state index contributed by atoms with van der Waals surface area (Å²) in [5.74, 6) is -3.09. The Morgan fingerprint density at radius 1 is 0.750 bits per heavy atom. The van der Waals surface area contributed by atoms with Gasteiger partial charge in [-0.15, -0.1) is 0 Å². The molecule has 0 fully saturated rings. The van der Waals surface area contributed by atoms with Crippen LogP contribution in [0.5, 0.6) is 0 Å². The molecule has 8 nitrogen and oxygen atoms in total. The molecular formula is C16H40N4O4. The van der Waals surface area contributed by atoms with Crippen LogP contribution >= 0.6 is 0 Å². The molecule has 0 aliphatic rings. The van der Waals surface area contributed by atoms with Crippen molar-refractivity contribution in [3.8, 4) is 0 Å². The van der Waals surface area contributed by atoms with Gasteiger partial charge in [0.2, 0.25) is 0 Å². The Bertz CT molecular complexity index is 241. The maximum atomic E-state index is 9.41. The summed E-state index contributed by atoms with van der Waals surface area (Å²) in [4.78, 5) is 23.1. The van der Waals surface area contributed by atoms with Crippen molar-refractivity contribution < 1.29 is 34.5 Å². The maximum Gasteiger partial charge on any atom is 0.0661 e. The topological polar surface area (TPSA) is 117 Å². The Hall–Kier alpha value is -1.48. The zero-order chi connectivity index (χ0) is 20.7. The van der Waals surface area contributed by atoms with Crippen molar-refractivity contribution in [1.82, 2.24) is 0 Å². The van der Waals surface area contributed by atoms with Crippen LogP contribution in [-0.2, 0) is 9.59 Å². The van der Waals surface area contributed by atoms with Gasteiger partial charge in [0, 0.05) is 0 Å². The highest BCUT2D eigenvalue weighted by atomic mass is 16.4. The Morgan fingerprint density at radius 2 is 0.875 bits per heavy atom. The maximum absolute atomic E-state index is 9.41. The van der Waals surface area contributed by atoms with Crippen LogP contribution in [0, 0.1) is 0 Å². The lowest BCUT2D eigenvalue weighted by atomic mass is 10.5. The molecule has 0 bridgehead atoms. The molecule has 0 aliphatic heterocycles. The Labute approximate surface area is 148 Å². The van der Waals surface area contributed by atoms with Gasteiger partial charge in [0.15, 0.2) is 0 Å². The van der Waals surface area contributed by atoms with Crippen LogP contribution in [0.1, 0.15) is 13.3 Å². The third-order valence-electron chi connectivity index (χ3n) is 0.605.